The molecule has 1 aliphatic rings. The van der Waals surface area contributed by atoms with E-state index in [9.17, 15) is 4.39 Å². The molecule has 1 aromatic heterocycles. The van der Waals surface area contributed by atoms with E-state index >= 15 is 0 Å². The van der Waals surface area contributed by atoms with E-state index in [0.29, 0.717) is 0 Å². The summed E-state index contributed by atoms with van der Waals surface area (Å²) in [5.41, 5.74) is 5.78. The molecule has 0 radical (unpaired) electrons. The summed E-state index contributed by atoms with van der Waals surface area (Å²) in [5.74, 6) is 0.910. The SMILES string of the molecule is Nc1nc(Sc2ccc(F)cc2)cc(N2CCCC2)n1. The Morgan fingerprint density at radius 3 is 2.50 bits per heavy atom. The predicted octanol–water partition coefficient (Wildman–Crippen LogP) is 2.95. The number of rotatable bonds is 3. The van der Waals surface area contributed by atoms with Crippen molar-refractivity contribution in [2.75, 3.05) is 23.7 Å². The van der Waals surface area contributed by atoms with Gasteiger partial charge in [-0.05, 0) is 37.1 Å². The van der Waals surface area contributed by atoms with Crippen molar-refractivity contribution in [3.8, 4) is 0 Å². The summed E-state index contributed by atoms with van der Waals surface area (Å²) >= 11 is 1.46. The Morgan fingerprint density at radius 1 is 1.10 bits per heavy atom. The van der Waals surface area contributed by atoms with Crippen molar-refractivity contribution < 1.29 is 4.39 Å². The molecule has 20 heavy (non-hydrogen) atoms. The van der Waals surface area contributed by atoms with Crippen LogP contribution in [-0.4, -0.2) is 23.1 Å². The highest BCUT2D eigenvalue weighted by molar-refractivity contribution is 7.99. The first-order valence-electron chi connectivity index (χ1n) is 6.54. The first-order valence-corrected chi connectivity index (χ1v) is 7.35. The Bertz CT molecular complexity index is 597. The maximum Gasteiger partial charge on any atom is 0.223 e. The second-order valence-electron chi connectivity index (χ2n) is 4.67. The average molecular weight is 290 g/mol. The minimum atomic E-state index is -0.241. The fraction of sp³-hybridized carbons (Fsp3) is 0.286. The summed E-state index contributed by atoms with van der Waals surface area (Å²) in [6.45, 7) is 2.02. The van der Waals surface area contributed by atoms with Crippen LogP contribution in [0.5, 0.6) is 0 Å². The van der Waals surface area contributed by atoms with Gasteiger partial charge in [0.2, 0.25) is 5.95 Å². The highest BCUT2D eigenvalue weighted by atomic mass is 32.2. The fourth-order valence-electron chi connectivity index (χ4n) is 2.21. The zero-order chi connectivity index (χ0) is 13.9. The molecule has 1 fully saturated rings. The topological polar surface area (TPSA) is 55.0 Å². The third-order valence-electron chi connectivity index (χ3n) is 3.17. The van der Waals surface area contributed by atoms with Crippen molar-refractivity contribution in [3.05, 3.63) is 36.1 Å². The molecule has 104 valence electrons. The molecule has 2 N–H and O–H groups in total. The molecule has 3 rings (SSSR count). The van der Waals surface area contributed by atoms with E-state index in [2.05, 4.69) is 14.9 Å². The monoisotopic (exact) mass is 290 g/mol. The van der Waals surface area contributed by atoms with Crippen molar-refractivity contribution in [2.24, 2.45) is 0 Å². The van der Waals surface area contributed by atoms with Gasteiger partial charge in [0.1, 0.15) is 16.7 Å². The molecular weight excluding hydrogens is 275 g/mol. The number of nitrogens with two attached hydrogens (primary N) is 1. The molecule has 1 aliphatic heterocycles. The molecule has 6 heteroatoms. The lowest BCUT2D eigenvalue weighted by molar-refractivity contribution is 0.626. The van der Waals surface area contributed by atoms with Gasteiger partial charge in [0.15, 0.2) is 0 Å². The number of nitrogen functional groups attached to an aromatic ring is 1. The summed E-state index contributed by atoms with van der Waals surface area (Å²) in [6.07, 6.45) is 2.37. The lowest BCUT2D eigenvalue weighted by Gasteiger charge is -2.17. The molecule has 0 spiro atoms. The molecule has 0 saturated carbocycles. The molecule has 4 nitrogen and oxygen atoms in total. The van der Waals surface area contributed by atoms with E-state index in [1.807, 2.05) is 6.07 Å². The molecule has 1 aromatic carbocycles. The second kappa shape index (κ2) is 5.66. The Kier molecular flexibility index (Phi) is 3.73. The van der Waals surface area contributed by atoms with Gasteiger partial charge in [-0.15, -0.1) is 0 Å². The van der Waals surface area contributed by atoms with Crippen LogP contribution in [0.2, 0.25) is 0 Å². The standard InChI is InChI=1S/C14H15FN4S/c15-10-3-5-11(6-4-10)20-13-9-12(17-14(16)18-13)19-7-1-2-8-19/h3-6,9H,1-2,7-8H2,(H2,16,17,18). The first kappa shape index (κ1) is 13.2. The molecule has 0 bridgehead atoms. The van der Waals surface area contributed by atoms with Crippen molar-refractivity contribution in [2.45, 2.75) is 22.8 Å². The number of aromatic nitrogens is 2. The molecule has 0 amide bonds. The van der Waals surface area contributed by atoms with E-state index in [1.54, 1.807) is 12.1 Å². The van der Waals surface area contributed by atoms with E-state index in [-0.39, 0.29) is 11.8 Å². The van der Waals surface area contributed by atoms with Gasteiger partial charge >= 0.3 is 0 Å². The Balaban J connectivity index is 1.83. The van der Waals surface area contributed by atoms with Gasteiger partial charge in [0.25, 0.3) is 0 Å². The summed E-state index contributed by atoms with van der Waals surface area (Å²) < 4.78 is 12.9. The number of halogens is 1. The van der Waals surface area contributed by atoms with Gasteiger partial charge < -0.3 is 10.6 Å². The van der Waals surface area contributed by atoms with Gasteiger partial charge in [-0.3, -0.25) is 0 Å². The van der Waals surface area contributed by atoms with Crippen LogP contribution < -0.4 is 10.6 Å². The van der Waals surface area contributed by atoms with Crippen LogP contribution in [0.3, 0.4) is 0 Å². The maximum atomic E-state index is 12.9. The van der Waals surface area contributed by atoms with Crippen molar-refractivity contribution >= 4 is 23.5 Å². The normalized spacial score (nSPS) is 14.8. The summed E-state index contributed by atoms with van der Waals surface area (Å²) in [4.78, 5) is 11.7. The summed E-state index contributed by atoms with van der Waals surface area (Å²) in [7, 11) is 0. The van der Waals surface area contributed by atoms with Crippen LogP contribution in [0.1, 0.15) is 12.8 Å². The minimum absolute atomic E-state index is 0.241. The largest absolute Gasteiger partial charge is 0.368 e. The van der Waals surface area contributed by atoms with Crippen molar-refractivity contribution in [1.29, 1.82) is 0 Å². The van der Waals surface area contributed by atoms with Gasteiger partial charge in [0.05, 0.1) is 0 Å². The highest BCUT2D eigenvalue weighted by Gasteiger charge is 2.15. The van der Waals surface area contributed by atoms with Gasteiger partial charge in [-0.2, -0.15) is 4.98 Å². The van der Waals surface area contributed by atoms with Gasteiger partial charge in [-0.1, -0.05) is 11.8 Å². The van der Waals surface area contributed by atoms with Crippen LogP contribution in [0, 0.1) is 5.82 Å². The minimum Gasteiger partial charge on any atom is -0.368 e. The highest BCUT2D eigenvalue weighted by Crippen LogP contribution is 2.29. The van der Waals surface area contributed by atoms with Crippen LogP contribution in [0.15, 0.2) is 40.3 Å². The van der Waals surface area contributed by atoms with E-state index in [4.69, 9.17) is 5.73 Å². The van der Waals surface area contributed by atoms with Crippen LogP contribution in [0.25, 0.3) is 0 Å². The summed E-state index contributed by atoms with van der Waals surface area (Å²) in [5, 5.41) is 0.783. The number of nitrogens with zero attached hydrogens (tertiary/aromatic N) is 3. The molecule has 0 unspecified atom stereocenters. The fourth-order valence-corrected chi connectivity index (χ4v) is 3.03. The third-order valence-corrected chi connectivity index (χ3v) is 4.10. The molecule has 2 aromatic rings. The van der Waals surface area contributed by atoms with Gasteiger partial charge in [-0.25, -0.2) is 9.37 Å². The van der Waals surface area contributed by atoms with E-state index in [1.165, 1.54) is 36.7 Å². The smallest absolute Gasteiger partial charge is 0.223 e. The Morgan fingerprint density at radius 2 is 1.80 bits per heavy atom. The van der Waals surface area contributed by atoms with Crippen LogP contribution in [0.4, 0.5) is 16.2 Å². The number of hydrogen-bond acceptors (Lipinski definition) is 5. The van der Waals surface area contributed by atoms with Crippen LogP contribution >= 0.6 is 11.8 Å². The number of hydrogen-bond donors (Lipinski definition) is 1. The quantitative estimate of drug-likeness (QED) is 0.881. The van der Waals surface area contributed by atoms with E-state index < -0.39 is 0 Å². The second-order valence-corrected chi connectivity index (χ2v) is 5.77. The Hall–Kier alpha value is -1.82. The number of anilines is 2. The average Bonchev–Trinajstić information content (AvgIpc) is 2.95. The van der Waals surface area contributed by atoms with Crippen LogP contribution in [-0.2, 0) is 0 Å². The zero-order valence-corrected chi connectivity index (χ0v) is 11.7. The Labute approximate surface area is 121 Å². The van der Waals surface area contributed by atoms with Crippen molar-refractivity contribution in [1.82, 2.24) is 9.97 Å². The van der Waals surface area contributed by atoms with Gasteiger partial charge in [0, 0.05) is 24.1 Å². The lowest BCUT2D eigenvalue weighted by atomic mass is 10.4. The first-order chi connectivity index (χ1) is 9.70. The third kappa shape index (κ3) is 3.01. The predicted molar refractivity (Wildman–Crippen MR) is 78.4 cm³/mol. The summed E-state index contributed by atoms with van der Waals surface area (Å²) in [6, 6.07) is 8.28. The molecule has 1 saturated heterocycles. The van der Waals surface area contributed by atoms with E-state index in [0.717, 1.165) is 28.8 Å². The molecule has 0 atom stereocenters. The molecular formula is C14H15FN4S. The molecule has 2 heterocycles. The molecule has 0 aliphatic carbocycles. The number of benzene rings is 1. The maximum absolute atomic E-state index is 12.9. The zero-order valence-electron chi connectivity index (χ0n) is 10.9. The van der Waals surface area contributed by atoms with Crippen molar-refractivity contribution in [3.63, 3.8) is 0 Å². The lowest BCUT2D eigenvalue weighted by Crippen LogP contribution is -2.19.